The largest absolute Gasteiger partial charge is 0.369 e. The summed E-state index contributed by atoms with van der Waals surface area (Å²) in [4.78, 5) is 2.59. The lowest BCUT2D eigenvalue weighted by Crippen LogP contribution is -2.38. The molecule has 0 bridgehead atoms. The Kier molecular flexibility index (Phi) is 2.86. The van der Waals surface area contributed by atoms with Crippen LogP contribution in [0.25, 0.3) is 0 Å². The van der Waals surface area contributed by atoms with Crippen LogP contribution in [0.5, 0.6) is 0 Å². The minimum absolute atomic E-state index is 0.293. The summed E-state index contributed by atoms with van der Waals surface area (Å²) in [6, 6.07) is 7.62. The Bertz CT molecular complexity index is 444. The van der Waals surface area contributed by atoms with E-state index in [1.165, 1.54) is 42.7 Å². The maximum atomic E-state index is 3.61. The molecule has 2 nitrogen and oxygen atoms in total. The fourth-order valence-corrected chi connectivity index (χ4v) is 3.46. The molecule has 1 aromatic rings. The number of fused-ring (bicyclic) bond motifs is 1. The molecule has 0 saturated carbocycles. The number of anilines is 1. The molecule has 2 aliphatic heterocycles. The highest BCUT2D eigenvalue weighted by atomic mass is 15.2. The zero-order chi connectivity index (χ0) is 12.8. The second-order valence-corrected chi connectivity index (χ2v) is 6.58. The molecule has 2 aliphatic rings. The van der Waals surface area contributed by atoms with Crippen molar-refractivity contribution in [3.8, 4) is 0 Å². The minimum atomic E-state index is 0.293. The van der Waals surface area contributed by atoms with E-state index in [2.05, 4.69) is 49.2 Å². The molecule has 0 amide bonds. The molecule has 0 aromatic heterocycles. The van der Waals surface area contributed by atoms with E-state index < -0.39 is 0 Å². The molecule has 1 saturated heterocycles. The highest BCUT2D eigenvalue weighted by Gasteiger charge is 2.35. The van der Waals surface area contributed by atoms with E-state index in [4.69, 9.17) is 0 Å². The van der Waals surface area contributed by atoms with E-state index in [-0.39, 0.29) is 0 Å². The second kappa shape index (κ2) is 4.27. The van der Waals surface area contributed by atoms with Crippen LogP contribution in [0.1, 0.15) is 37.8 Å². The fourth-order valence-electron chi connectivity index (χ4n) is 3.46. The molecule has 3 rings (SSSR count). The molecule has 1 N–H and O–H groups in total. The summed E-state index contributed by atoms with van der Waals surface area (Å²) in [6.07, 6.45) is 2.67. The standard InChI is InChI=1S/C16H24N2/c1-12-6-7-14-15(9-12)18(11-16(14,2)3)10-13-5-4-8-17-13/h6-7,9,13,17H,4-5,8,10-11H2,1-3H3. The van der Waals surface area contributed by atoms with E-state index in [1.807, 2.05) is 0 Å². The highest BCUT2D eigenvalue weighted by molar-refractivity contribution is 5.63. The van der Waals surface area contributed by atoms with E-state index in [1.54, 1.807) is 0 Å². The summed E-state index contributed by atoms with van der Waals surface area (Å²) in [6.45, 7) is 10.4. The zero-order valence-corrected chi connectivity index (χ0v) is 11.8. The first-order valence-corrected chi connectivity index (χ1v) is 7.16. The van der Waals surface area contributed by atoms with E-state index in [0.717, 1.165) is 6.54 Å². The SMILES string of the molecule is Cc1ccc2c(c1)N(CC1CCCN1)CC2(C)C. The first-order chi connectivity index (χ1) is 8.56. The minimum Gasteiger partial charge on any atom is -0.369 e. The van der Waals surface area contributed by atoms with Gasteiger partial charge in [-0.15, -0.1) is 0 Å². The molecule has 1 fully saturated rings. The van der Waals surface area contributed by atoms with Crippen LogP contribution >= 0.6 is 0 Å². The quantitative estimate of drug-likeness (QED) is 0.860. The number of hydrogen-bond donors (Lipinski definition) is 1. The van der Waals surface area contributed by atoms with Gasteiger partial charge in [-0.2, -0.15) is 0 Å². The number of aryl methyl sites for hydroxylation is 1. The Morgan fingerprint density at radius 1 is 1.39 bits per heavy atom. The first-order valence-electron chi connectivity index (χ1n) is 7.16. The van der Waals surface area contributed by atoms with Gasteiger partial charge in [0.05, 0.1) is 0 Å². The van der Waals surface area contributed by atoms with Crippen molar-refractivity contribution in [2.75, 3.05) is 24.5 Å². The highest BCUT2D eigenvalue weighted by Crippen LogP contribution is 2.41. The van der Waals surface area contributed by atoms with Crippen LogP contribution in [-0.2, 0) is 5.41 Å². The number of rotatable bonds is 2. The van der Waals surface area contributed by atoms with Gasteiger partial charge in [-0.05, 0) is 43.5 Å². The van der Waals surface area contributed by atoms with Gasteiger partial charge in [0.15, 0.2) is 0 Å². The van der Waals surface area contributed by atoms with Crippen LogP contribution in [-0.4, -0.2) is 25.7 Å². The molecule has 18 heavy (non-hydrogen) atoms. The number of benzene rings is 1. The lowest BCUT2D eigenvalue weighted by molar-refractivity contribution is 0.520. The summed E-state index contributed by atoms with van der Waals surface area (Å²) in [5, 5.41) is 3.61. The molecule has 0 radical (unpaired) electrons. The van der Waals surface area contributed by atoms with Crippen LogP contribution in [0, 0.1) is 6.92 Å². The zero-order valence-electron chi connectivity index (χ0n) is 11.8. The molecule has 98 valence electrons. The maximum absolute atomic E-state index is 3.61. The smallest absolute Gasteiger partial charge is 0.0408 e. The van der Waals surface area contributed by atoms with E-state index >= 15 is 0 Å². The van der Waals surface area contributed by atoms with Gasteiger partial charge in [-0.25, -0.2) is 0 Å². The Labute approximate surface area is 110 Å². The normalized spacial score (nSPS) is 25.5. The number of nitrogens with zero attached hydrogens (tertiary/aromatic N) is 1. The van der Waals surface area contributed by atoms with Crippen LogP contribution in [0.4, 0.5) is 5.69 Å². The van der Waals surface area contributed by atoms with Crippen molar-refractivity contribution in [3.63, 3.8) is 0 Å². The third-order valence-electron chi connectivity index (χ3n) is 4.41. The Hall–Kier alpha value is -1.02. The van der Waals surface area contributed by atoms with Gasteiger partial charge in [0.1, 0.15) is 0 Å². The third-order valence-corrected chi connectivity index (χ3v) is 4.41. The van der Waals surface area contributed by atoms with Gasteiger partial charge in [0, 0.05) is 30.2 Å². The van der Waals surface area contributed by atoms with Gasteiger partial charge < -0.3 is 10.2 Å². The number of hydrogen-bond acceptors (Lipinski definition) is 2. The van der Waals surface area contributed by atoms with Crippen molar-refractivity contribution in [2.45, 2.75) is 45.1 Å². The molecular weight excluding hydrogens is 220 g/mol. The van der Waals surface area contributed by atoms with Crippen molar-refractivity contribution in [1.82, 2.24) is 5.32 Å². The summed E-state index contributed by atoms with van der Waals surface area (Å²) in [7, 11) is 0. The van der Waals surface area contributed by atoms with E-state index in [9.17, 15) is 0 Å². The molecule has 2 heterocycles. The Balaban J connectivity index is 1.87. The van der Waals surface area contributed by atoms with Crippen molar-refractivity contribution in [3.05, 3.63) is 29.3 Å². The Morgan fingerprint density at radius 3 is 2.94 bits per heavy atom. The molecular formula is C16H24N2. The summed E-state index contributed by atoms with van der Waals surface area (Å²) in [5.74, 6) is 0. The van der Waals surface area contributed by atoms with E-state index in [0.29, 0.717) is 11.5 Å². The third kappa shape index (κ3) is 2.03. The lowest BCUT2D eigenvalue weighted by Gasteiger charge is -2.25. The van der Waals surface area contributed by atoms with Crippen molar-refractivity contribution in [2.24, 2.45) is 0 Å². The molecule has 0 spiro atoms. The Morgan fingerprint density at radius 2 is 2.22 bits per heavy atom. The van der Waals surface area contributed by atoms with Gasteiger partial charge in [0.2, 0.25) is 0 Å². The molecule has 1 aromatic carbocycles. The average molecular weight is 244 g/mol. The van der Waals surface area contributed by atoms with Crippen molar-refractivity contribution in [1.29, 1.82) is 0 Å². The number of nitrogens with one attached hydrogen (secondary N) is 1. The maximum Gasteiger partial charge on any atom is 0.0408 e. The van der Waals surface area contributed by atoms with Crippen molar-refractivity contribution < 1.29 is 0 Å². The van der Waals surface area contributed by atoms with Crippen LogP contribution < -0.4 is 10.2 Å². The van der Waals surface area contributed by atoms with Gasteiger partial charge in [-0.3, -0.25) is 0 Å². The van der Waals surface area contributed by atoms with Crippen LogP contribution in [0.3, 0.4) is 0 Å². The second-order valence-electron chi connectivity index (χ2n) is 6.58. The van der Waals surface area contributed by atoms with Gasteiger partial charge >= 0.3 is 0 Å². The monoisotopic (exact) mass is 244 g/mol. The predicted octanol–water partition coefficient (Wildman–Crippen LogP) is 2.84. The van der Waals surface area contributed by atoms with Crippen LogP contribution in [0.2, 0.25) is 0 Å². The molecule has 1 unspecified atom stereocenters. The van der Waals surface area contributed by atoms with Gasteiger partial charge in [-0.1, -0.05) is 26.0 Å². The topological polar surface area (TPSA) is 15.3 Å². The molecule has 0 aliphatic carbocycles. The summed E-state index contributed by atoms with van der Waals surface area (Å²) >= 11 is 0. The van der Waals surface area contributed by atoms with Gasteiger partial charge in [0.25, 0.3) is 0 Å². The lowest BCUT2D eigenvalue weighted by atomic mass is 9.87. The average Bonchev–Trinajstić information content (AvgIpc) is 2.87. The summed E-state index contributed by atoms with van der Waals surface area (Å²) < 4.78 is 0. The molecule has 2 heteroatoms. The van der Waals surface area contributed by atoms with Crippen LogP contribution in [0.15, 0.2) is 18.2 Å². The molecule has 1 atom stereocenters. The fraction of sp³-hybridized carbons (Fsp3) is 0.625. The summed E-state index contributed by atoms with van der Waals surface area (Å²) in [5.41, 5.74) is 4.65. The predicted molar refractivity (Wildman–Crippen MR) is 77.4 cm³/mol. The first kappa shape index (κ1) is 12.0. The van der Waals surface area contributed by atoms with Crippen molar-refractivity contribution >= 4 is 5.69 Å².